The van der Waals surface area contributed by atoms with Gasteiger partial charge in [-0.25, -0.2) is 0 Å². The number of aromatic nitrogens is 3. The van der Waals surface area contributed by atoms with Crippen molar-refractivity contribution in [1.29, 1.82) is 0 Å². The van der Waals surface area contributed by atoms with Gasteiger partial charge in [0.05, 0.1) is 11.4 Å². The first kappa shape index (κ1) is 24.1. The maximum atomic E-state index is 10.5. The van der Waals surface area contributed by atoms with Gasteiger partial charge in [0.1, 0.15) is 5.75 Å². The van der Waals surface area contributed by atoms with Gasteiger partial charge in [-0.3, -0.25) is 4.98 Å². The van der Waals surface area contributed by atoms with E-state index >= 15 is 0 Å². The van der Waals surface area contributed by atoms with E-state index in [0.717, 1.165) is 28.1 Å². The number of benzene rings is 4. The Morgan fingerprint density at radius 1 is 0.737 bits per heavy atom. The van der Waals surface area contributed by atoms with Crippen LogP contribution in [0.2, 0.25) is 0 Å². The summed E-state index contributed by atoms with van der Waals surface area (Å²) < 4.78 is 3.92. The van der Waals surface area contributed by atoms with Gasteiger partial charge in [-0.1, -0.05) is 78.9 Å². The first-order valence-electron chi connectivity index (χ1n) is 12.2. The summed E-state index contributed by atoms with van der Waals surface area (Å²) in [4.78, 5) is 5.24. The molecule has 0 aliphatic heterocycles. The number of nitrogens with zero attached hydrogens (tertiary/aromatic N) is 3. The normalized spacial score (nSPS) is 12.8. The summed E-state index contributed by atoms with van der Waals surface area (Å²) >= 11 is 0. The smallest absolute Gasteiger partial charge is 0.513 e. The number of imidazole rings is 1. The Hall–Kier alpha value is -4.27. The molecule has 38 heavy (non-hydrogen) atoms. The predicted molar refractivity (Wildman–Crippen MR) is 142 cm³/mol. The van der Waals surface area contributed by atoms with Crippen LogP contribution in [0, 0.1) is 12.4 Å². The fraction of sp³-hybridized carbons (Fsp3) is 0.0303. The fourth-order valence-electron chi connectivity index (χ4n) is 5.51. The van der Waals surface area contributed by atoms with Crippen LogP contribution >= 0.6 is 0 Å². The van der Waals surface area contributed by atoms with Crippen LogP contribution in [-0.2, 0) is 26.6 Å². The molecule has 1 aliphatic carbocycles. The summed E-state index contributed by atoms with van der Waals surface area (Å²) in [7, 11) is 0. The Bertz CT molecular complexity index is 1710. The van der Waals surface area contributed by atoms with Crippen molar-refractivity contribution in [3.05, 3.63) is 157 Å². The van der Waals surface area contributed by atoms with Crippen LogP contribution in [0.4, 0.5) is 0 Å². The van der Waals surface area contributed by atoms with Crippen molar-refractivity contribution < 1.29 is 30.7 Å². The van der Waals surface area contributed by atoms with Crippen molar-refractivity contribution in [2.24, 2.45) is 0 Å². The Balaban J connectivity index is 0.00000264. The quantitative estimate of drug-likeness (QED) is 0.186. The van der Waals surface area contributed by atoms with Gasteiger partial charge in [-0.15, -0.1) is 35.9 Å². The molecule has 1 aliphatic rings. The minimum absolute atomic E-state index is 0. The standard InChI is InChI=1S/C33H22N3O.Pt/c37-31-19-9-8-18-30(31)35-21-22-36(23-35)33(32-20-10-17-29(34-32)24-11-2-1-3-12-24)27-15-6-4-13-25(27)26-14-5-7-16-28(26)33;/h1-11,13-22,37H;/q-1;+2. The second kappa shape index (κ2) is 9.55. The van der Waals surface area contributed by atoms with Crippen molar-refractivity contribution in [1.82, 2.24) is 9.55 Å². The minimum atomic E-state index is -0.756. The molecule has 0 spiro atoms. The van der Waals surface area contributed by atoms with Crippen LogP contribution < -0.4 is 4.57 Å². The summed E-state index contributed by atoms with van der Waals surface area (Å²) in [5.74, 6) is 0.197. The monoisotopic (exact) mass is 671 g/mol. The van der Waals surface area contributed by atoms with Gasteiger partial charge < -0.3 is 14.2 Å². The van der Waals surface area contributed by atoms with E-state index in [1.54, 1.807) is 6.07 Å². The predicted octanol–water partition coefficient (Wildman–Crippen LogP) is 5.95. The van der Waals surface area contributed by atoms with Crippen molar-refractivity contribution in [2.45, 2.75) is 5.54 Å². The van der Waals surface area contributed by atoms with E-state index in [9.17, 15) is 5.11 Å². The van der Waals surface area contributed by atoms with Crippen LogP contribution in [-0.4, -0.2) is 14.7 Å². The molecule has 6 aromatic rings. The third-order valence-electron chi connectivity index (χ3n) is 7.11. The van der Waals surface area contributed by atoms with Gasteiger partial charge >= 0.3 is 21.1 Å². The molecule has 0 bridgehead atoms. The topological polar surface area (TPSA) is 41.9 Å². The molecule has 2 aromatic heterocycles. The molecule has 1 N–H and O–H groups in total. The molecule has 4 aromatic carbocycles. The minimum Gasteiger partial charge on any atom is -0.513 e. The molecule has 184 valence electrons. The van der Waals surface area contributed by atoms with E-state index in [1.807, 2.05) is 65.5 Å². The van der Waals surface area contributed by atoms with Crippen LogP contribution in [0.5, 0.6) is 5.75 Å². The summed E-state index contributed by atoms with van der Waals surface area (Å²) in [6.45, 7) is 0. The van der Waals surface area contributed by atoms with Gasteiger partial charge in [0, 0.05) is 23.5 Å². The number of rotatable bonds is 4. The molecule has 0 saturated heterocycles. The Morgan fingerprint density at radius 3 is 2.13 bits per heavy atom. The second-order valence-corrected chi connectivity index (χ2v) is 9.11. The third-order valence-corrected chi connectivity index (χ3v) is 7.11. The second-order valence-electron chi connectivity index (χ2n) is 9.11. The largest absolute Gasteiger partial charge is 2.00 e. The van der Waals surface area contributed by atoms with E-state index in [1.165, 1.54) is 11.1 Å². The van der Waals surface area contributed by atoms with Crippen molar-refractivity contribution in [3.63, 3.8) is 0 Å². The molecule has 0 radical (unpaired) electrons. The zero-order chi connectivity index (χ0) is 24.8. The summed E-state index contributed by atoms with van der Waals surface area (Å²) in [5.41, 5.74) is 7.21. The molecule has 0 atom stereocenters. The Morgan fingerprint density at radius 2 is 1.42 bits per heavy atom. The number of phenols is 1. The van der Waals surface area contributed by atoms with E-state index in [2.05, 4.69) is 77.6 Å². The molecule has 7 rings (SSSR count). The number of hydrogen-bond acceptors (Lipinski definition) is 2. The maximum Gasteiger partial charge on any atom is 2.00 e. The van der Waals surface area contributed by atoms with Crippen molar-refractivity contribution >= 4 is 0 Å². The molecule has 0 unspecified atom stereocenters. The Kier molecular flexibility index (Phi) is 6.06. The van der Waals surface area contributed by atoms with Crippen molar-refractivity contribution in [2.75, 3.05) is 0 Å². The summed E-state index contributed by atoms with van der Waals surface area (Å²) in [6.07, 6.45) is 7.45. The third kappa shape index (κ3) is 3.56. The molecule has 2 heterocycles. The van der Waals surface area contributed by atoms with Gasteiger partial charge in [0.25, 0.3) is 0 Å². The number of fused-ring (bicyclic) bond motifs is 3. The van der Waals surface area contributed by atoms with E-state index < -0.39 is 5.54 Å². The number of phenolic OH excluding ortho intramolecular Hbond substituents is 1. The molecular weight excluding hydrogens is 649 g/mol. The summed E-state index contributed by atoms with van der Waals surface area (Å²) in [6, 6.07) is 41.7. The number of aromatic hydroxyl groups is 1. The molecule has 0 amide bonds. The average molecular weight is 672 g/mol. The number of hydrogen-bond donors (Lipinski definition) is 1. The first-order chi connectivity index (χ1) is 18.3. The van der Waals surface area contributed by atoms with E-state index in [4.69, 9.17) is 4.98 Å². The first-order valence-corrected chi connectivity index (χ1v) is 12.2. The zero-order valence-corrected chi connectivity index (χ0v) is 22.5. The average Bonchev–Trinajstić information content (AvgIpc) is 3.56. The van der Waals surface area contributed by atoms with Crippen LogP contribution in [0.15, 0.2) is 128 Å². The van der Waals surface area contributed by atoms with Crippen LogP contribution in [0.25, 0.3) is 28.1 Å². The van der Waals surface area contributed by atoms with Crippen molar-refractivity contribution in [3.8, 4) is 33.8 Å². The Labute approximate surface area is 235 Å². The fourth-order valence-corrected chi connectivity index (χ4v) is 5.51. The zero-order valence-electron chi connectivity index (χ0n) is 20.2. The van der Waals surface area contributed by atoms with E-state index in [-0.39, 0.29) is 26.8 Å². The van der Waals surface area contributed by atoms with Crippen LogP contribution in [0.1, 0.15) is 16.8 Å². The molecule has 4 nitrogen and oxygen atoms in total. The van der Waals surface area contributed by atoms with Gasteiger partial charge in [-0.05, 0) is 29.0 Å². The maximum absolute atomic E-state index is 10.5. The number of para-hydroxylation sites is 2. The molecule has 0 saturated carbocycles. The van der Waals surface area contributed by atoms with Gasteiger partial charge in [-0.2, -0.15) is 0 Å². The summed E-state index contributed by atoms with van der Waals surface area (Å²) in [5, 5.41) is 10.5. The van der Waals surface area contributed by atoms with Crippen LogP contribution in [0.3, 0.4) is 0 Å². The SMILES string of the molecule is Oc1ccccc1-n1[c-][n+](C2(c3cccc(-c4[c-]cccc4)n3)c3ccccc3-c3ccccc32)cc1.[Pt+2]. The number of pyridine rings is 1. The van der Waals surface area contributed by atoms with E-state index in [0.29, 0.717) is 5.69 Å². The van der Waals surface area contributed by atoms with Gasteiger partial charge in [0.15, 0.2) is 5.54 Å². The molecule has 0 fully saturated rings. The molecular formula is C33H22N3OPt+. The molecule has 5 heteroatoms. The van der Waals surface area contributed by atoms with Gasteiger partial charge in [0.2, 0.25) is 6.33 Å².